The van der Waals surface area contributed by atoms with Crippen molar-refractivity contribution in [2.45, 2.75) is 78.9 Å². The average molecular weight is 495 g/mol. The number of hydrogen-bond donors (Lipinski definition) is 1. The highest BCUT2D eigenvalue weighted by molar-refractivity contribution is 7.09. The number of nitrogens with one attached hydrogen (secondary N) is 1. The number of aromatic nitrogens is 1. The normalized spacial score (nSPS) is 13.2. The molecule has 0 bridgehead atoms. The molecule has 0 saturated heterocycles. The van der Waals surface area contributed by atoms with Crippen molar-refractivity contribution in [3.8, 4) is 5.75 Å². The molecule has 0 aliphatic heterocycles. The predicted molar refractivity (Wildman–Crippen MR) is 135 cm³/mol. The second-order valence-corrected chi connectivity index (χ2v) is 11.1. The van der Waals surface area contributed by atoms with Gasteiger partial charge in [-0.05, 0) is 50.8 Å². The fraction of sp³-hybridized carbons (Fsp3) is 0.542. The van der Waals surface area contributed by atoms with Gasteiger partial charge in [0.25, 0.3) is 0 Å². The van der Waals surface area contributed by atoms with Gasteiger partial charge in [0.05, 0.1) is 12.7 Å². The Morgan fingerprint density at radius 2 is 1.91 bits per heavy atom. The van der Waals surface area contributed by atoms with E-state index in [-0.39, 0.29) is 11.3 Å². The number of halogens is 1. The van der Waals surface area contributed by atoms with Crippen molar-refractivity contribution in [3.05, 3.63) is 44.7 Å². The van der Waals surface area contributed by atoms with Gasteiger partial charge < -0.3 is 14.0 Å². The Morgan fingerprint density at radius 1 is 1.21 bits per heavy atom. The SMILES string of the molecule is CCCCn1cc(C(C)(C)C)s/c1=N\C(=N/NC(=O)OC(C)(C)C)c1cc(Cl)ccc1OC. The first kappa shape index (κ1) is 26.9. The molecule has 0 fully saturated rings. The van der Waals surface area contributed by atoms with Gasteiger partial charge in [0.2, 0.25) is 0 Å². The van der Waals surface area contributed by atoms with Crippen LogP contribution in [0.15, 0.2) is 34.5 Å². The summed E-state index contributed by atoms with van der Waals surface area (Å²) in [7, 11) is 1.57. The molecule has 182 valence electrons. The van der Waals surface area contributed by atoms with Crippen LogP contribution < -0.4 is 15.0 Å². The van der Waals surface area contributed by atoms with Gasteiger partial charge in [-0.1, -0.05) is 45.7 Å². The number of hydrogen-bond acceptors (Lipinski definition) is 5. The Hall–Kier alpha value is -2.32. The molecule has 0 aliphatic rings. The molecule has 0 aliphatic carbocycles. The summed E-state index contributed by atoms with van der Waals surface area (Å²) in [5, 5.41) is 4.80. The van der Waals surface area contributed by atoms with E-state index in [0.717, 1.165) is 24.2 Å². The first-order chi connectivity index (χ1) is 15.3. The summed E-state index contributed by atoms with van der Waals surface area (Å²) in [6.07, 6.45) is 3.57. The van der Waals surface area contributed by atoms with Crippen LogP contribution in [0, 0.1) is 0 Å². The molecular formula is C24H35ClN4O3S. The standard InChI is InChI=1S/C24H35ClN4O3S/c1-9-10-13-29-15-19(23(2,3)4)33-21(29)26-20(27-28-22(30)32-24(5,6)7)17-14-16(25)11-12-18(17)31-8/h11-12,14-15H,9-10,13H2,1-8H3,(H,28,30)/b26-21-,27-20-. The number of amidine groups is 1. The second kappa shape index (κ2) is 11.2. The number of ether oxygens (including phenoxy) is 2. The fourth-order valence-corrected chi connectivity index (χ4v) is 4.04. The summed E-state index contributed by atoms with van der Waals surface area (Å²) in [4.78, 5) is 19.1. The number of unbranched alkanes of at least 4 members (excludes halogenated alkanes) is 1. The summed E-state index contributed by atoms with van der Waals surface area (Å²) < 4.78 is 13.0. The number of rotatable bonds is 6. The van der Waals surface area contributed by atoms with Gasteiger partial charge in [0.15, 0.2) is 10.6 Å². The molecule has 2 rings (SSSR count). The van der Waals surface area contributed by atoms with Crippen LogP contribution in [0.2, 0.25) is 5.02 Å². The van der Waals surface area contributed by atoms with E-state index >= 15 is 0 Å². The molecule has 1 N–H and O–H groups in total. The van der Waals surface area contributed by atoms with Gasteiger partial charge >= 0.3 is 6.09 Å². The van der Waals surface area contributed by atoms with Gasteiger partial charge in [0.1, 0.15) is 11.4 Å². The van der Waals surface area contributed by atoms with E-state index in [9.17, 15) is 4.79 Å². The lowest BCUT2D eigenvalue weighted by Crippen LogP contribution is -2.30. The summed E-state index contributed by atoms with van der Waals surface area (Å²) in [6.45, 7) is 14.9. The molecule has 1 aromatic carbocycles. The molecule has 0 saturated carbocycles. The number of aryl methyl sites for hydroxylation is 1. The van der Waals surface area contributed by atoms with Gasteiger partial charge in [-0.15, -0.1) is 16.4 Å². The number of thiazole rings is 1. The Morgan fingerprint density at radius 3 is 2.48 bits per heavy atom. The quantitative estimate of drug-likeness (QED) is 0.299. The van der Waals surface area contributed by atoms with Gasteiger partial charge in [-0.3, -0.25) is 0 Å². The van der Waals surface area contributed by atoms with E-state index in [0.29, 0.717) is 16.3 Å². The Balaban J connectivity index is 2.65. The number of amides is 1. The van der Waals surface area contributed by atoms with Crippen molar-refractivity contribution in [2.75, 3.05) is 7.11 Å². The number of carbonyl (C=O) groups is 1. The highest BCUT2D eigenvalue weighted by Crippen LogP contribution is 2.26. The van der Waals surface area contributed by atoms with Crippen molar-refractivity contribution >= 4 is 34.9 Å². The Labute approximate surface area is 205 Å². The third kappa shape index (κ3) is 8.19. The third-order valence-electron chi connectivity index (χ3n) is 4.47. The van der Waals surface area contributed by atoms with E-state index in [1.807, 2.05) is 0 Å². The second-order valence-electron chi connectivity index (χ2n) is 9.68. The Bertz CT molecular complexity index is 1060. The zero-order valence-corrected chi connectivity index (χ0v) is 22.4. The monoisotopic (exact) mass is 494 g/mol. The summed E-state index contributed by atoms with van der Waals surface area (Å²) >= 11 is 7.87. The van der Waals surface area contributed by atoms with E-state index in [2.05, 4.69) is 49.0 Å². The van der Waals surface area contributed by atoms with Crippen LogP contribution in [-0.4, -0.2) is 29.2 Å². The van der Waals surface area contributed by atoms with E-state index in [1.54, 1.807) is 57.4 Å². The van der Waals surface area contributed by atoms with Crippen LogP contribution >= 0.6 is 22.9 Å². The first-order valence-corrected chi connectivity index (χ1v) is 12.2. The van der Waals surface area contributed by atoms with Crippen LogP contribution in [0.4, 0.5) is 4.79 Å². The molecule has 1 aromatic heterocycles. The number of hydrazone groups is 1. The van der Waals surface area contributed by atoms with Crippen molar-refractivity contribution < 1.29 is 14.3 Å². The molecular weight excluding hydrogens is 460 g/mol. The minimum atomic E-state index is -0.670. The van der Waals surface area contributed by atoms with Crippen LogP contribution in [0.3, 0.4) is 0 Å². The number of benzene rings is 1. The molecule has 1 amide bonds. The maximum Gasteiger partial charge on any atom is 0.428 e. The first-order valence-electron chi connectivity index (χ1n) is 11.0. The topological polar surface area (TPSA) is 77.2 Å². The molecule has 1 heterocycles. The summed E-state index contributed by atoms with van der Waals surface area (Å²) in [5.74, 6) is 0.813. The van der Waals surface area contributed by atoms with Gasteiger partial charge in [0, 0.05) is 22.6 Å². The van der Waals surface area contributed by atoms with E-state index in [1.165, 1.54) is 4.88 Å². The molecule has 9 heteroatoms. The van der Waals surface area contributed by atoms with Crippen LogP contribution in [0.25, 0.3) is 0 Å². The van der Waals surface area contributed by atoms with Crippen LogP contribution in [0.1, 0.15) is 71.7 Å². The predicted octanol–water partition coefficient (Wildman–Crippen LogP) is 6.10. The van der Waals surface area contributed by atoms with Crippen molar-refractivity contribution in [2.24, 2.45) is 10.1 Å². The minimum Gasteiger partial charge on any atom is -0.496 e. The summed E-state index contributed by atoms with van der Waals surface area (Å²) in [6, 6.07) is 5.19. The zero-order chi connectivity index (χ0) is 24.8. The zero-order valence-electron chi connectivity index (χ0n) is 20.8. The molecule has 0 spiro atoms. The smallest absolute Gasteiger partial charge is 0.428 e. The van der Waals surface area contributed by atoms with Gasteiger partial charge in [-0.25, -0.2) is 10.2 Å². The van der Waals surface area contributed by atoms with Crippen molar-refractivity contribution in [1.29, 1.82) is 0 Å². The van der Waals surface area contributed by atoms with E-state index < -0.39 is 11.7 Å². The lowest BCUT2D eigenvalue weighted by Gasteiger charge is -2.18. The maximum absolute atomic E-state index is 12.3. The molecule has 33 heavy (non-hydrogen) atoms. The number of nitrogens with zero attached hydrogens (tertiary/aromatic N) is 3. The van der Waals surface area contributed by atoms with Crippen LogP contribution in [0.5, 0.6) is 5.75 Å². The molecule has 7 nitrogen and oxygen atoms in total. The van der Waals surface area contributed by atoms with Crippen molar-refractivity contribution in [3.63, 3.8) is 0 Å². The highest BCUT2D eigenvalue weighted by Gasteiger charge is 2.20. The number of carbonyl (C=O) groups excluding carboxylic acids is 1. The molecule has 0 radical (unpaired) electrons. The highest BCUT2D eigenvalue weighted by atomic mass is 35.5. The molecule has 2 aromatic rings. The molecule has 0 atom stereocenters. The largest absolute Gasteiger partial charge is 0.496 e. The van der Waals surface area contributed by atoms with E-state index in [4.69, 9.17) is 26.1 Å². The van der Waals surface area contributed by atoms with Crippen molar-refractivity contribution in [1.82, 2.24) is 9.99 Å². The third-order valence-corrected chi connectivity index (χ3v) is 6.15. The van der Waals surface area contributed by atoms with Gasteiger partial charge in [-0.2, -0.15) is 4.99 Å². The van der Waals surface area contributed by atoms with Crippen LogP contribution in [-0.2, 0) is 16.7 Å². The fourth-order valence-electron chi connectivity index (χ4n) is 2.79. The molecule has 0 unspecified atom stereocenters. The number of methoxy groups -OCH3 is 1. The lowest BCUT2D eigenvalue weighted by molar-refractivity contribution is 0.0529. The summed E-state index contributed by atoms with van der Waals surface area (Å²) in [5.41, 5.74) is 2.35. The maximum atomic E-state index is 12.3. The minimum absolute atomic E-state index is 0.0216. The average Bonchev–Trinajstić information content (AvgIpc) is 3.11. The lowest BCUT2D eigenvalue weighted by atomic mass is 9.95. The Kier molecular flexibility index (Phi) is 9.14.